The first-order chi connectivity index (χ1) is 21.2. The Hall–Kier alpha value is -2.53. The molecule has 1 aromatic heterocycles. The number of benzene rings is 1. The van der Waals surface area contributed by atoms with Crippen molar-refractivity contribution in [3.8, 4) is 5.75 Å². The number of likely N-dealkylation sites (tertiary alicyclic amines) is 2. The molecule has 1 aromatic carbocycles. The van der Waals surface area contributed by atoms with Gasteiger partial charge in [0.05, 0.1) is 24.2 Å². The highest BCUT2D eigenvalue weighted by atomic mass is 32.2. The third-order valence-electron chi connectivity index (χ3n) is 9.83. The zero-order valence-electron chi connectivity index (χ0n) is 26.8. The van der Waals surface area contributed by atoms with Gasteiger partial charge in [-0.15, -0.1) is 0 Å². The number of hydrogen-bond acceptors (Lipinski definition) is 7. The summed E-state index contributed by atoms with van der Waals surface area (Å²) >= 11 is 0. The van der Waals surface area contributed by atoms with Gasteiger partial charge in [0.25, 0.3) is 0 Å². The molecule has 5 rings (SSSR count). The number of nitrogens with zero attached hydrogens (tertiary/aromatic N) is 4. The Labute approximate surface area is 264 Å². The number of methoxy groups -OCH3 is 1. The van der Waals surface area contributed by atoms with Gasteiger partial charge in [-0.25, -0.2) is 8.42 Å². The molecule has 9 nitrogen and oxygen atoms in total. The monoisotopic (exact) mass is 626 g/mol. The largest absolute Gasteiger partial charge is 0.497 e. The molecule has 0 N–H and O–H groups in total. The summed E-state index contributed by atoms with van der Waals surface area (Å²) in [7, 11) is -2.07. The van der Waals surface area contributed by atoms with E-state index >= 15 is 0 Å². The minimum atomic E-state index is -3.66. The van der Waals surface area contributed by atoms with Crippen molar-refractivity contribution >= 4 is 15.9 Å². The number of ether oxygens (including phenoxy) is 2. The van der Waals surface area contributed by atoms with Crippen molar-refractivity contribution in [2.24, 2.45) is 0 Å². The van der Waals surface area contributed by atoms with Crippen molar-refractivity contribution in [3.05, 3.63) is 53.3 Å². The van der Waals surface area contributed by atoms with Gasteiger partial charge in [-0.1, -0.05) is 12.5 Å². The van der Waals surface area contributed by atoms with Crippen molar-refractivity contribution in [3.63, 3.8) is 0 Å². The maximum absolute atomic E-state index is 13.9. The first-order valence-corrected chi connectivity index (χ1v) is 17.9. The summed E-state index contributed by atoms with van der Waals surface area (Å²) in [5, 5.41) is 0. The van der Waals surface area contributed by atoms with E-state index in [0.29, 0.717) is 67.3 Å². The molecule has 44 heavy (non-hydrogen) atoms. The van der Waals surface area contributed by atoms with Gasteiger partial charge in [-0.2, -0.15) is 4.31 Å². The fraction of sp³-hybridized carbons (Fsp3) is 0.647. The number of amides is 1. The highest BCUT2D eigenvalue weighted by molar-refractivity contribution is 7.89. The van der Waals surface area contributed by atoms with E-state index in [1.807, 2.05) is 31.0 Å². The van der Waals surface area contributed by atoms with E-state index in [-0.39, 0.29) is 11.9 Å². The molecule has 3 saturated heterocycles. The minimum absolute atomic E-state index is 0.0916. The van der Waals surface area contributed by atoms with Crippen LogP contribution >= 0.6 is 0 Å². The Bertz CT molecular complexity index is 1330. The zero-order chi connectivity index (χ0) is 31.2. The average Bonchev–Trinajstić information content (AvgIpc) is 3.55. The molecule has 0 aliphatic carbocycles. The van der Waals surface area contributed by atoms with Crippen LogP contribution in [0.15, 0.2) is 41.6 Å². The third-order valence-corrected chi connectivity index (χ3v) is 12.1. The molecule has 1 atom stereocenters. The van der Waals surface area contributed by atoms with E-state index in [2.05, 4.69) is 16.0 Å². The van der Waals surface area contributed by atoms with Gasteiger partial charge in [0, 0.05) is 56.6 Å². The topological polar surface area (TPSA) is 92.3 Å². The van der Waals surface area contributed by atoms with Crippen LogP contribution in [0, 0.1) is 13.8 Å². The smallest absolute Gasteiger partial charge is 0.243 e. The lowest BCUT2D eigenvalue weighted by molar-refractivity contribution is -0.140. The maximum atomic E-state index is 13.9. The van der Waals surface area contributed by atoms with Gasteiger partial charge >= 0.3 is 0 Å². The molecule has 3 aliphatic rings. The Balaban J connectivity index is 1.16. The lowest BCUT2D eigenvalue weighted by Crippen LogP contribution is -2.47. The quantitative estimate of drug-likeness (QED) is 0.326. The van der Waals surface area contributed by atoms with Crippen molar-refractivity contribution in [1.29, 1.82) is 0 Å². The van der Waals surface area contributed by atoms with Crippen LogP contribution in [0.4, 0.5) is 0 Å². The standard InChI is InChI=1S/C34H50N4O5S/c1-27-24-31(42-3)25-28(2)33(27)44(40,41)38-19-5-4-11-30(38)12-8-13-32(39)37-20-14-34(15-21-37,29-10-9-16-35-26-29)43-23-22-36-17-6-7-18-36/h9-10,16,24-26,30H,4-8,11-15,17-23H2,1-3H3. The van der Waals surface area contributed by atoms with E-state index < -0.39 is 15.6 Å². The van der Waals surface area contributed by atoms with E-state index in [4.69, 9.17) is 9.47 Å². The summed E-state index contributed by atoms with van der Waals surface area (Å²) in [6, 6.07) is 7.55. The van der Waals surface area contributed by atoms with Crippen LogP contribution in [0.5, 0.6) is 5.75 Å². The molecular formula is C34H50N4O5S. The predicted molar refractivity (Wildman–Crippen MR) is 171 cm³/mol. The van der Waals surface area contributed by atoms with Crippen LogP contribution in [-0.2, 0) is 25.2 Å². The van der Waals surface area contributed by atoms with Crippen LogP contribution in [0.1, 0.15) is 80.9 Å². The molecule has 3 aliphatic heterocycles. The molecule has 1 amide bonds. The average molecular weight is 627 g/mol. The molecular weight excluding hydrogens is 576 g/mol. The van der Waals surface area contributed by atoms with E-state index in [1.54, 1.807) is 29.7 Å². The summed E-state index contributed by atoms with van der Waals surface area (Å²) in [6.07, 6.45) is 12.2. The molecule has 242 valence electrons. The van der Waals surface area contributed by atoms with Crippen LogP contribution in [0.2, 0.25) is 0 Å². The van der Waals surface area contributed by atoms with Crippen molar-refractivity contribution < 1.29 is 22.7 Å². The fourth-order valence-corrected chi connectivity index (χ4v) is 9.56. The first-order valence-electron chi connectivity index (χ1n) is 16.5. The van der Waals surface area contributed by atoms with E-state index in [1.165, 1.54) is 12.8 Å². The van der Waals surface area contributed by atoms with Crippen molar-refractivity contribution in [2.45, 2.75) is 94.6 Å². The number of aromatic nitrogens is 1. The number of piperidine rings is 2. The number of rotatable bonds is 12. The predicted octanol–water partition coefficient (Wildman–Crippen LogP) is 5.05. The highest BCUT2D eigenvalue weighted by Crippen LogP contribution is 2.37. The van der Waals surface area contributed by atoms with Gasteiger partial charge in [0.15, 0.2) is 0 Å². The molecule has 2 aromatic rings. The molecule has 0 saturated carbocycles. The first kappa shape index (κ1) is 32.9. The summed E-state index contributed by atoms with van der Waals surface area (Å²) in [5.41, 5.74) is 2.08. The zero-order valence-corrected chi connectivity index (χ0v) is 27.6. The highest BCUT2D eigenvalue weighted by Gasteiger charge is 2.39. The van der Waals surface area contributed by atoms with Crippen LogP contribution in [-0.4, -0.2) is 92.4 Å². The fourth-order valence-electron chi connectivity index (χ4n) is 7.42. The van der Waals surface area contributed by atoms with E-state index in [0.717, 1.165) is 57.3 Å². The van der Waals surface area contributed by atoms with Crippen molar-refractivity contribution in [1.82, 2.24) is 19.1 Å². The normalized spacial score (nSPS) is 21.4. The Morgan fingerprint density at radius 1 is 1.02 bits per heavy atom. The van der Waals surface area contributed by atoms with E-state index in [9.17, 15) is 13.2 Å². The summed E-state index contributed by atoms with van der Waals surface area (Å²) < 4.78 is 41.5. The second-order valence-corrected chi connectivity index (χ2v) is 14.6. The van der Waals surface area contributed by atoms with Gasteiger partial charge in [0.1, 0.15) is 5.75 Å². The van der Waals surface area contributed by atoms with Gasteiger partial charge < -0.3 is 19.3 Å². The second-order valence-electron chi connectivity index (χ2n) is 12.8. The lowest BCUT2D eigenvalue weighted by atomic mass is 9.84. The van der Waals surface area contributed by atoms with Crippen LogP contribution in [0.3, 0.4) is 0 Å². The van der Waals surface area contributed by atoms with Gasteiger partial charge in [0.2, 0.25) is 15.9 Å². The molecule has 1 unspecified atom stereocenters. The van der Waals surface area contributed by atoms with Gasteiger partial charge in [-0.05, 0) is 108 Å². The number of carbonyl (C=O) groups excluding carboxylic acids is 1. The molecule has 0 spiro atoms. The molecule has 10 heteroatoms. The van der Waals surface area contributed by atoms with Gasteiger partial charge in [-0.3, -0.25) is 9.78 Å². The summed E-state index contributed by atoms with van der Waals surface area (Å²) in [4.78, 5) is 22.5. The number of aryl methyl sites for hydroxylation is 2. The molecule has 0 bridgehead atoms. The maximum Gasteiger partial charge on any atom is 0.243 e. The second kappa shape index (κ2) is 14.7. The Morgan fingerprint density at radius 2 is 1.73 bits per heavy atom. The Morgan fingerprint density at radius 3 is 2.39 bits per heavy atom. The number of pyridine rings is 1. The number of carbonyl (C=O) groups is 1. The molecule has 3 fully saturated rings. The number of sulfonamides is 1. The van der Waals surface area contributed by atoms with Crippen LogP contribution in [0.25, 0.3) is 0 Å². The van der Waals surface area contributed by atoms with Crippen LogP contribution < -0.4 is 4.74 Å². The summed E-state index contributed by atoms with van der Waals surface area (Å²) in [5.74, 6) is 0.811. The Kier molecular flexibility index (Phi) is 11.0. The summed E-state index contributed by atoms with van der Waals surface area (Å²) in [6.45, 7) is 9.41. The number of hydrogen-bond donors (Lipinski definition) is 0. The lowest BCUT2D eigenvalue weighted by Gasteiger charge is -2.42. The molecule has 0 radical (unpaired) electrons. The third kappa shape index (κ3) is 7.46. The minimum Gasteiger partial charge on any atom is -0.497 e. The van der Waals surface area contributed by atoms with Crippen molar-refractivity contribution in [2.75, 3.05) is 53.0 Å². The SMILES string of the molecule is COc1cc(C)c(S(=O)(=O)N2CCCCC2CCCC(=O)N2CCC(OCCN3CCCC3)(c3cccnc3)CC2)c(C)c1. The molecule has 4 heterocycles.